The highest BCUT2D eigenvalue weighted by Gasteiger charge is 2.14. The van der Waals surface area contributed by atoms with Gasteiger partial charge in [0.2, 0.25) is 0 Å². The van der Waals surface area contributed by atoms with Gasteiger partial charge in [0.25, 0.3) is 0 Å². The van der Waals surface area contributed by atoms with Crippen molar-refractivity contribution in [3.8, 4) is 0 Å². The summed E-state index contributed by atoms with van der Waals surface area (Å²) in [4.78, 5) is 5.53. The second kappa shape index (κ2) is 13.8. The van der Waals surface area contributed by atoms with Crippen LogP contribution in [0.4, 0.5) is 0 Å². The van der Waals surface area contributed by atoms with Gasteiger partial charge < -0.3 is 0 Å². The van der Waals surface area contributed by atoms with Gasteiger partial charge in [-0.25, -0.2) is 0 Å². The number of nitrogens with zero attached hydrogens (tertiary/aromatic N) is 1. The molecule has 1 radical (unpaired) electrons. The number of piperidine rings is 1. The summed E-state index contributed by atoms with van der Waals surface area (Å²) in [6.07, 6.45) is 22.7. The molecule has 0 saturated carbocycles. The van der Waals surface area contributed by atoms with E-state index in [2.05, 4.69) is 92.6 Å². The van der Waals surface area contributed by atoms with Crippen LogP contribution in [-0.4, -0.2) is 18.0 Å². The molecule has 1 saturated heterocycles. The number of rotatable bonds is 11. The van der Waals surface area contributed by atoms with Gasteiger partial charge in [-0.1, -0.05) is 53.5 Å². The lowest BCUT2D eigenvalue weighted by molar-refractivity contribution is 0.221. The molecule has 1 aromatic rings. The zero-order valence-corrected chi connectivity index (χ0v) is 22.3. The Morgan fingerprint density at radius 2 is 1.55 bits per heavy atom. The highest BCUT2D eigenvalue weighted by molar-refractivity contribution is 8.23. The summed E-state index contributed by atoms with van der Waals surface area (Å²) >= 11 is 0. The molecule has 1 atom stereocenters. The first-order chi connectivity index (χ1) is 16.0. The second-order valence-corrected chi connectivity index (χ2v) is 12.0. The minimum Gasteiger partial charge on any atom is -0.299 e. The van der Waals surface area contributed by atoms with Gasteiger partial charge in [-0.05, 0) is 131 Å². The third-order valence-corrected chi connectivity index (χ3v) is 8.80. The maximum absolute atomic E-state index is 3.54. The smallest absolute Gasteiger partial charge is 0.0233 e. The molecule has 2 heterocycles. The van der Waals surface area contributed by atoms with Crippen molar-refractivity contribution in [2.45, 2.75) is 90.5 Å². The predicted molar refractivity (Wildman–Crippen MR) is 149 cm³/mol. The van der Waals surface area contributed by atoms with Crippen LogP contribution in [0.25, 0.3) is 0 Å². The van der Waals surface area contributed by atoms with Crippen molar-refractivity contribution >= 4 is 10.9 Å². The predicted octanol–water partition coefficient (Wildman–Crippen LogP) is 9.06. The van der Waals surface area contributed by atoms with Crippen molar-refractivity contribution in [2.24, 2.45) is 0 Å². The van der Waals surface area contributed by atoms with E-state index in [0.717, 1.165) is 25.8 Å². The third kappa shape index (κ3) is 9.18. The molecule has 0 spiro atoms. The van der Waals surface area contributed by atoms with Crippen LogP contribution in [0.1, 0.15) is 84.6 Å². The molecule has 2 aliphatic rings. The molecule has 0 aliphatic carbocycles. The van der Waals surface area contributed by atoms with Crippen molar-refractivity contribution in [3.05, 3.63) is 87.2 Å². The zero-order chi connectivity index (χ0) is 23.5. The molecule has 2 heteroatoms. The normalized spacial score (nSPS) is 20.7. The topological polar surface area (TPSA) is 3.24 Å². The molecule has 33 heavy (non-hydrogen) atoms. The highest BCUT2D eigenvalue weighted by atomic mass is 32.2. The molecular weight excluding hydrogens is 418 g/mol. The standard InChI is InChI=1S/C31H44NS/c1-26(2)11-8-12-27(3)13-9-14-28(4)16-19-30-15-10-24-33(30)31-20-17-29(18-21-31)25-32-22-6-5-7-23-32/h10-11,13,16-18,20-21,24,33H,5-9,12,14,19,22-23,25H2,1-4H3/b27-13+,28-16+. The quantitative estimate of drug-likeness (QED) is 0.253. The lowest BCUT2D eigenvalue weighted by atomic mass is 10.1. The third-order valence-electron chi connectivity index (χ3n) is 6.60. The van der Waals surface area contributed by atoms with Crippen molar-refractivity contribution in [3.63, 3.8) is 0 Å². The van der Waals surface area contributed by atoms with Crippen LogP contribution in [0.3, 0.4) is 0 Å². The van der Waals surface area contributed by atoms with Crippen LogP contribution in [0, 0.1) is 6.08 Å². The van der Waals surface area contributed by atoms with Crippen LogP contribution in [0.15, 0.2) is 80.5 Å². The number of thiol groups is 1. The Balaban J connectivity index is 1.46. The fourth-order valence-corrected chi connectivity index (χ4v) is 6.37. The second-order valence-electron chi connectivity index (χ2n) is 9.94. The lowest BCUT2D eigenvalue weighted by Crippen LogP contribution is -2.29. The van der Waals surface area contributed by atoms with Gasteiger partial charge in [0.1, 0.15) is 0 Å². The van der Waals surface area contributed by atoms with Gasteiger partial charge >= 0.3 is 0 Å². The fraction of sp³-hybridized carbons (Fsp3) is 0.484. The summed E-state index contributed by atoms with van der Waals surface area (Å²) in [6, 6.07) is 9.43. The Kier molecular flexibility index (Phi) is 10.8. The fourth-order valence-electron chi connectivity index (χ4n) is 4.51. The molecule has 0 aromatic heterocycles. The number of allylic oxidation sites excluding steroid dienone is 9. The van der Waals surface area contributed by atoms with Gasteiger partial charge in [-0.3, -0.25) is 4.90 Å². The number of hydrogen-bond donors (Lipinski definition) is 1. The number of benzene rings is 1. The van der Waals surface area contributed by atoms with Crippen molar-refractivity contribution in [2.75, 3.05) is 13.1 Å². The van der Waals surface area contributed by atoms with E-state index >= 15 is 0 Å². The van der Waals surface area contributed by atoms with E-state index in [0.29, 0.717) is 0 Å². The first-order valence-electron chi connectivity index (χ1n) is 12.9. The molecule has 1 aromatic carbocycles. The molecule has 0 N–H and O–H groups in total. The monoisotopic (exact) mass is 462 g/mol. The van der Waals surface area contributed by atoms with E-state index in [1.165, 1.54) is 77.3 Å². The SMILES string of the molecule is CC(C)=CCC/C(C)=C/CC/C(C)=C/CC1=[C]C=C[SH]1c1ccc(CN2CCCCC2)cc1. The molecule has 1 fully saturated rings. The summed E-state index contributed by atoms with van der Waals surface area (Å²) in [5.41, 5.74) is 5.88. The Morgan fingerprint density at radius 1 is 0.879 bits per heavy atom. The summed E-state index contributed by atoms with van der Waals surface area (Å²) in [6.45, 7) is 12.5. The average molecular weight is 463 g/mol. The Labute approximate surface area is 206 Å². The Bertz CT molecular complexity index is 887. The minimum absolute atomic E-state index is 0.352. The Hall–Kier alpha value is -1.77. The summed E-state index contributed by atoms with van der Waals surface area (Å²) in [7, 11) is -0.352. The van der Waals surface area contributed by atoms with E-state index < -0.39 is 0 Å². The molecule has 179 valence electrons. The van der Waals surface area contributed by atoms with Gasteiger partial charge in [0, 0.05) is 6.54 Å². The van der Waals surface area contributed by atoms with Crippen LogP contribution < -0.4 is 0 Å². The van der Waals surface area contributed by atoms with Crippen molar-refractivity contribution in [1.29, 1.82) is 0 Å². The van der Waals surface area contributed by atoms with Gasteiger partial charge in [0.05, 0.1) is 0 Å². The van der Waals surface area contributed by atoms with Gasteiger partial charge in [-0.15, -0.1) is 0 Å². The number of hydrogen-bond acceptors (Lipinski definition) is 1. The van der Waals surface area contributed by atoms with E-state index in [-0.39, 0.29) is 10.9 Å². The molecule has 3 rings (SSSR count). The molecule has 0 bridgehead atoms. The van der Waals surface area contributed by atoms with Gasteiger partial charge in [0.15, 0.2) is 0 Å². The average Bonchev–Trinajstić information content (AvgIpc) is 3.27. The van der Waals surface area contributed by atoms with Crippen LogP contribution in [0.2, 0.25) is 0 Å². The van der Waals surface area contributed by atoms with E-state index in [9.17, 15) is 0 Å². The maximum Gasteiger partial charge on any atom is 0.0233 e. The minimum atomic E-state index is -0.352. The highest BCUT2D eigenvalue weighted by Crippen LogP contribution is 2.49. The first kappa shape index (κ1) is 25.8. The first-order valence-corrected chi connectivity index (χ1v) is 14.3. The Morgan fingerprint density at radius 3 is 2.24 bits per heavy atom. The van der Waals surface area contributed by atoms with Crippen molar-refractivity contribution in [1.82, 2.24) is 4.90 Å². The maximum atomic E-state index is 3.54. The van der Waals surface area contributed by atoms with E-state index in [1.807, 2.05) is 0 Å². The van der Waals surface area contributed by atoms with Crippen LogP contribution >= 0.6 is 10.9 Å². The molecule has 1 nitrogen and oxygen atoms in total. The van der Waals surface area contributed by atoms with Crippen LogP contribution in [0.5, 0.6) is 0 Å². The summed E-state index contributed by atoms with van der Waals surface area (Å²) in [5.74, 6) is 0. The van der Waals surface area contributed by atoms with E-state index in [1.54, 1.807) is 0 Å². The number of likely N-dealkylation sites (tertiary alicyclic amines) is 1. The van der Waals surface area contributed by atoms with Crippen LogP contribution in [-0.2, 0) is 6.54 Å². The molecular formula is C31H44NS. The zero-order valence-electron chi connectivity index (χ0n) is 21.4. The summed E-state index contributed by atoms with van der Waals surface area (Å²) in [5, 5.41) is 2.37. The van der Waals surface area contributed by atoms with E-state index in [4.69, 9.17) is 0 Å². The molecule has 2 aliphatic heterocycles. The largest absolute Gasteiger partial charge is 0.299 e. The lowest BCUT2D eigenvalue weighted by Gasteiger charge is -2.26. The molecule has 0 amide bonds. The van der Waals surface area contributed by atoms with Crippen molar-refractivity contribution < 1.29 is 0 Å². The molecule has 1 unspecified atom stereocenters. The summed E-state index contributed by atoms with van der Waals surface area (Å²) < 4.78 is 0. The van der Waals surface area contributed by atoms with Gasteiger partial charge in [-0.2, -0.15) is 10.9 Å².